The summed E-state index contributed by atoms with van der Waals surface area (Å²) in [4.78, 5) is 24.8. The molecule has 2 heterocycles. The summed E-state index contributed by atoms with van der Waals surface area (Å²) in [5.41, 5.74) is 0. The van der Waals surface area contributed by atoms with Crippen LogP contribution in [0, 0.1) is 5.92 Å². The van der Waals surface area contributed by atoms with E-state index in [-0.39, 0.29) is 17.9 Å². The van der Waals surface area contributed by atoms with E-state index < -0.39 is 18.1 Å². The Kier molecular flexibility index (Phi) is 3.38. The van der Waals surface area contributed by atoms with Gasteiger partial charge in [-0.25, -0.2) is 4.79 Å². The van der Waals surface area contributed by atoms with E-state index in [1.165, 1.54) is 4.90 Å². The number of rotatable bonds is 2. The van der Waals surface area contributed by atoms with E-state index in [0.717, 1.165) is 12.8 Å². The first-order valence-corrected chi connectivity index (χ1v) is 6.19. The summed E-state index contributed by atoms with van der Waals surface area (Å²) in [6.45, 7) is 4.47. The van der Waals surface area contributed by atoms with Crippen LogP contribution in [0.3, 0.4) is 0 Å². The summed E-state index contributed by atoms with van der Waals surface area (Å²) < 4.78 is 5.59. The van der Waals surface area contributed by atoms with Crippen molar-refractivity contribution >= 4 is 11.9 Å². The number of carbonyl (C=O) groups excluding carboxylic acids is 1. The minimum Gasteiger partial charge on any atom is -0.480 e. The highest BCUT2D eigenvalue weighted by Crippen LogP contribution is 2.29. The minimum absolute atomic E-state index is 0.0878. The van der Waals surface area contributed by atoms with Crippen LogP contribution in [0.4, 0.5) is 0 Å². The van der Waals surface area contributed by atoms with Crippen molar-refractivity contribution in [3.63, 3.8) is 0 Å². The largest absolute Gasteiger partial charge is 0.480 e. The summed E-state index contributed by atoms with van der Waals surface area (Å²) in [6.07, 6.45) is 1.81. The summed E-state index contributed by atoms with van der Waals surface area (Å²) in [7, 11) is 0. The predicted molar refractivity (Wildman–Crippen MR) is 60.5 cm³/mol. The Morgan fingerprint density at radius 2 is 2.06 bits per heavy atom. The van der Waals surface area contributed by atoms with E-state index in [9.17, 15) is 9.59 Å². The standard InChI is InChI=1S/C12H19NO4/c1-7-6-8(2)17-10(7)11(14)13-5-3-4-9(13)12(15)16/h7-10H,3-6H2,1-2H3,(H,15,16)/t7?,8?,9-,10?/m1/s1. The number of likely N-dealkylation sites (tertiary alicyclic amines) is 1. The number of hydrogen-bond donors (Lipinski definition) is 1. The highest BCUT2D eigenvalue weighted by molar-refractivity contribution is 5.87. The summed E-state index contributed by atoms with van der Waals surface area (Å²) in [6, 6.07) is -0.658. The lowest BCUT2D eigenvalue weighted by atomic mass is 10.0. The van der Waals surface area contributed by atoms with Crippen LogP contribution in [0.25, 0.3) is 0 Å². The van der Waals surface area contributed by atoms with Crippen LogP contribution >= 0.6 is 0 Å². The molecule has 0 aromatic carbocycles. The zero-order valence-electron chi connectivity index (χ0n) is 10.3. The number of carboxylic acids is 1. The van der Waals surface area contributed by atoms with Gasteiger partial charge in [-0.05, 0) is 32.1 Å². The van der Waals surface area contributed by atoms with E-state index in [2.05, 4.69) is 0 Å². The van der Waals surface area contributed by atoms with Gasteiger partial charge in [-0.3, -0.25) is 4.79 Å². The zero-order chi connectivity index (χ0) is 12.6. The van der Waals surface area contributed by atoms with Gasteiger partial charge < -0.3 is 14.7 Å². The van der Waals surface area contributed by atoms with Crippen LogP contribution in [0.1, 0.15) is 33.1 Å². The molecule has 96 valence electrons. The Labute approximate surface area is 101 Å². The number of carbonyl (C=O) groups is 2. The Bertz CT molecular complexity index is 330. The van der Waals surface area contributed by atoms with Crippen molar-refractivity contribution in [2.45, 2.75) is 51.4 Å². The molecule has 17 heavy (non-hydrogen) atoms. The van der Waals surface area contributed by atoms with Crippen LogP contribution in [-0.2, 0) is 14.3 Å². The molecule has 2 aliphatic heterocycles. The van der Waals surface area contributed by atoms with Gasteiger partial charge in [-0.1, -0.05) is 6.92 Å². The van der Waals surface area contributed by atoms with Crippen LogP contribution in [0.2, 0.25) is 0 Å². The van der Waals surface area contributed by atoms with E-state index in [1.54, 1.807) is 0 Å². The first kappa shape index (κ1) is 12.4. The van der Waals surface area contributed by atoms with Crippen LogP contribution in [-0.4, -0.2) is 46.7 Å². The Balaban J connectivity index is 2.07. The van der Waals surface area contributed by atoms with Gasteiger partial charge in [0.2, 0.25) is 0 Å². The van der Waals surface area contributed by atoms with Crippen molar-refractivity contribution < 1.29 is 19.4 Å². The molecule has 2 aliphatic rings. The maximum absolute atomic E-state index is 12.3. The lowest BCUT2D eigenvalue weighted by Gasteiger charge is -2.26. The SMILES string of the molecule is CC1CC(C)C(C(=O)N2CCC[C@@H]2C(=O)O)O1. The lowest BCUT2D eigenvalue weighted by Crippen LogP contribution is -2.46. The van der Waals surface area contributed by atoms with E-state index in [0.29, 0.717) is 13.0 Å². The molecular formula is C12H19NO4. The molecule has 0 aliphatic carbocycles. The van der Waals surface area contributed by atoms with Gasteiger partial charge in [0.25, 0.3) is 5.91 Å². The lowest BCUT2D eigenvalue weighted by molar-refractivity contribution is -0.154. The maximum atomic E-state index is 12.3. The molecule has 0 aromatic rings. The number of hydrogen-bond acceptors (Lipinski definition) is 3. The Hall–Kier alpha value is -1.10. The van der Waals surface area contributed by atoms with E-state index >= 15 is 0 Å². The molecule has 0 saturated carbocycles. The third-order valence-electron chi connectivity index (χ3n) is 3.66. The van der Waals surface area contributed by atoms with Crippen LogP contribution in [0.15, 0.2) is 0 Å². The van der Waals surface area contributed by atoms with Crippen molar-refractivity contribution in [3.8, 4) is 0 Å². The fourth-order valence-corrected chi connectivity index (χ4v) is 2.84. The Morgan fingerprint density at radius 1 is 1.35 bits per heavy atom. The molecule has 0 radical (unpaired) electrons. The summed E-state index contributed by atoms with van der Waals surface area (Å²) >= 11 is 0. The van der Waals surface area contributed by atoms with Gasteiger partial charge in [-0.2, -0.15) is 0 Å². The second-order valence-corrected chi connectivity index (χ2v) is 5.11. The van der Waals surface area contributed by atoms with Gasteiger partial charge in [0.05, 0.1) is 6.10 Å². The molecule has 2 rings (SSSR count). The molecule has 2 fully saturated rings. The molecule has 5 nitrogen and oxygen atoms in total. The first-order valence-electron chi connectivity index (χ1n) is 6.19. The molecular weight excluding hydrogens is 222 g/mol. The zero-order valence-corrected chi connectivity index (χ0v) is 10.3. The molecule has 0 spiro atoms. The van der Waals surface area contributed by atoms with Crippen molar-refractivity contribution in [3.05, 3.63) is 0 Å². The maximum Gasteiger partial charge on any atom is 0.326 e. The highest BCUT2D eigenvalue weighted by Gasteiger charge is 2.42. The number of aliphatic carboxylic acids is 1. The molecule has 5 heteroatoms. The van der Waals surface area contributed by atoms with E-state index in [1.807, 2.05) is 13.8 Å². The van der Waals surface area contributed by atoms with Gasteiger partial charge in [0.1, 0.15) is 12.1 Å². The molecule has 1 N–H and O–H groups in total. The fraction of sp³-hybridized carbons (Fsp3) is 0.833. The molecule has 3 unspecified atom stereocenters. The van der Waals surface area contributed by atoms with Gasteiger partial charge in [0.15, 0.2) is 0 Å². The monoisotopic (exact) mass is 241 g/mol. The van der Waals surface area contributed by atoms with Crippen molar-refractivity contribution in [2.24, 2.45) is 5.92 Å². The van der Waals surface area contributed by atoms with Gasteiger partial charge in [0, 0.05) is 6.54 Å². The molecule has 0 bridgehead atoms. The van der Waals surface area contributed by atoms with Crippen LogP contribution < -0.4 is 0 Å². The molecule has 1 amide bonds. The predicted octanol–water partition coefficient (Wildman–Crippen LogP) is 0.875. The average Bonchev–Trinajstić information content (AvgIpc) is 2.83. The smallest absolute Gasteiger partial charge is 0.326 e. The fourth-order valence-electron chi connectivity index (χ4n) is 2.84. The summed E-state index contributed by atoms with van der Waals surface area (Å²) in [5, 5.41) is 9.06. The molecule has 0 aromatic heterocycles. The third-order valence-corrected chi connectivity index (χ3v) is 3.66. The highest BCUT2D eigenvalue weighted by atomic mass is 16.5. The normalized spacial score (nSPS) is 37.4. The quantitative estimate of drug-likeness (QED) is 0.779. The third kappa shape index (κ3) is 2.29. The summed E-state index contributed by atoms with van der Waals surface area (Å²) in [5.74, 6) is -0.881. The van der Waals surface area contributed by atoms with E-state index in [4.69, 9.17) is 9.84 Å². The number of nitrogens with zero attached hydrogens (tertiary/aromatic N) is 1. The number of ether oxygens (including phenoxy) is 1. The van der Waals surface area contributed by atoms with Gasteiger partial charge in [-0.15, -0.1) is 0 Å². The number of carboxylic acid groups (broad SMARTS) is 1. The van der Waals surface area contributed by atoms with Crippen molar-refractivity contribution in [1.82, 2.24) is 4.90 Å². The molecule has 2 saturated heterocycles. The first-order chi connectivity index (χ1) is 8.00. The topological polar surface area (TPSA) is 66.8 Å². The van der Waals surface area contributed by atoms with Crippen molar-refractivity contribution in [2.75, 3.05) is 6.54 Å². The molecule has 4 atom stereocenters. The van der Waals surface area contributed by atoms with Gasteiger partial charge >= 0.3 is 5.97 Å². The minimum atomic E-state index is -0.908. The second-order valence-electron chi connectivity index (χ2n) is 5.11. The second kappa shape index (κ2) is 4.64. The number of amides is 1. The van der Waals surface area contributed by atoms with Crippen molar-refractivity contribution in [1.29, 1.82) is 0 Å². The van der Waals surface area contributed by atoms with Crippen LogP contribution in [0.5, 0.6) is 0 Å². The average molecular weight is 241 g/mol. The Morgan fingerprint density at radius 3 is 2.59 bits per heavy atom.